The van der Waals surface area contributed by atoms with E-state index in [1.165, 1.54) is 4.90 Å². The number of carbonyl (C=O) groups is 2. The van der Waals surface area contributed by atoms with Gasteiger partial charge in [-0.15, -0.1) is 0 Å². The molecule has 0 aromatic heterocycles. The Labute approximate surface area is 170 Å². The van der Waals surface area contributed by atoms with Crippen molar-refractivity contribution in [1.82, 2.24) is 14.7 Å². The van der Waals surface area contributed by atoms with E-state index < -0.39 is 0 Å². The molecule has 28 heavy (non-hydrogen) atoms. The number of ether oxygens (including phenoxy) is 1. The van der Waals surface area contributed by atoms with Gasteiger partial charge in [0, 0.05) is 37.8 Å². The number of carbonyl (C=O) groups excluding carboxylic acids is 2. The largest absolute Gasteiger partial charge is 0.376 e. The Bertz CT molecular complexity index is 779. The fourth-order valence-electron chi connectivity index (χ4n) is 4.18. The zero-order valence-electron chi connectivity index (χ0n) is 16.2. The Balaban J connectivity index is 1.66. The van der Waals surface area contributed by atoms with Gasteiger partial charge in [-0.2, -0.15) is 0 Å². The van der Waals surface area contributed by atoms with Gasteiger partial charge in [0.05, 0.1) is 18.2 Å². The first kappa shape index (κ1) is 19.4. The monoisotopic (exact) mass is 403 g/mol. The second-order valence-electron chi connectivity index (χ2n) is 7.51. The van der Waals surface area contributed by atoms with Crippen molar-refractivity contribution in [2.45, 2.75) is 25.9 Å². The van der Waals surface area contributed by atoms with E-state index in [9.17, 15) is 9.59 Å². The van der Waals surface area contributed by atoms with Gasteiger partial charge in [-0.3, -0.25) is 14.5 Å². The third-order valence-electron chi connectivity index (χ3n) is 5.82. The fourth-order valence-corrected chi connectivity index (χ4v) is 4.30. The van der Waals surface area contributed by atoms with Crippen molar-refractivity contribution in [3.05, 3.63) is 40.5 Å². The highest BCUT2D eigenvalue weighted by atomic mass is 35.5. The highest BCUT2D eigenvalue weighted by molar-refractivity contribution is 6.36. The van der Waals surface area contributed by atoms with Crippen LogP contribution in [0.1, 0.15) is 25.3 Å². The summed E-state index contributed by atoms with van der Waals surface area (Å²) in [6, 6.07) is 7.16. The molecule has 2 fully saturated rings. The van der Waals surface area contributed by atoms with Crippen LogP contribution in [-0.4, -0.2) is 78.5 Å². The minimum Gasteiger partial charge on any atom is -0.376 e. The molecular formula is C21H26ClN3O3. The third kappa shape index (κ3) is 3.69. The molecule has 6 nitrogen and oxygen atoms in total. The maximum absolute atomic E-state index is 13.3. The molecular weight excluding hydrogens is 378 g/mol. The molecule has 2 saturated heterocycles. The second kappa shape index (κ2) is 8.23. The molecule has 3 heterocycles. The predicted molar refractivity (Wildman–Crippen MR) is 108 cm³/mol. The molecule has 1 unspecified atom stereocenters. The van der Waals surface area contributed by atoms with Crippen LogP contribution in [0.25, 0.3) is 5.57 Å². The van der Waals surface area contributed by atoms with Crippen LogP contribution in [0.15, 0.2) is 30.0 Å². The molecule has 1 aromatic rings. The van der Waals surface area contributed by atoms with E-state index in [0.29, 0.717) is 29.4 Å². The van der Waals surface area contributed by atoms with Crippen LogP contribution in [0.4, 0.5) is 0 Å². The number of hydrogen-bond donors (Lipinski definition) is 0. The van der Waals surface area contributed by atoms with Crippen LogP contribution >= 0.6 is 11.6 Å². The molecule has 0 radical (unpaired) electrons. The summed E-state index contributed by atoms with van der Waals surface area (Å²) in [7, 11) is 0. The smallest absolute Gasteiger partial charge is 0.277 e. The van der Waals surface area contributed by atoms with Crippen LogP contribution in [0.5, 0.6) is 0 Å². The van der Waals surface area contributed by atoms with Crippen molar-refractivity contribution in [3.8, 4) is 0 Å². The average Bonchev–Trinajstić information content (AvgIpc) is 3.31. The molecule has 1 atom stereocenters. The zero-order valence-corrected chi connectivity index (χ0v) is 17.0. The van der Waals surface area contributed by atoms with Crippen LogP contribution in [0.2, 0.25) is 5.02 Å². The summed E-state index contributed by atoms with van der Waals surface area (Å²) >= 11 is 6.03. The van der Waals surface area contributed by atoms with E-state index in [1.807, 2.05) is 12.1 Å². The Morgan fingerprint density at radius 2 is 1.79 bits per heavy atom. The lowest BCUT2D eigenvalue weighted by Gasteiger charge is -2.36. The lowest BCUT2D eigenvalue weighted by molar-refractivity contribution is -0.139. The SMILES string of the molecule is CCN1CCN(C2=C(c3ccc(Cl)cc3)C(=O)N(CC3CCCO3)C2=O)CC1. The summed E-state index contributed by atoms with van der Waals surface area (Å²) in [5, 5.41) is 0.607. The quantitative estimate of drug-likeness (QED) is 0.706. The maximum atomic E-state index is 13.3. The van der Waals surface area contributed by atoms with E-state index >= 15 is 0 Å². The van der Waals surface area contributed by atoms with Gasteiger partial charge in [0.2, 0.25) is 0 Å². The minimum absolute atomic E-state index is 0.0596. The summed E-state index contributed by atoms with van der Waals surface area (Å²) < 4.78 is 5.68. The summed E-state index contributed by atoms with van der Waals surface area (Å²) in [5.74, 6) is -0.425. The highest BCUT2D eigenvalue weighted by Crippen LogP contribution is 2.33. The van der Waals surface area contributed by atoms with E-state index in [2.05, 4.69) is 16.7 Å². The summed E-state index contributed by atoms with van der Waals surface area (Å²) in [4.78, 5) is 32.4. The maximum Gasteiger partial charge on any atom is 0.277 e. The number of piperazine rings is 1. The van der Waals surface area contributed by atoms with Gasteiger partial charge in [-0.1, -0.05) is 30.7 Å². The first-order valence-electron chi connectivity index (χ1n) is 10.0. The highest BCUT2D eigenvalue weighted by Gasteiger charge is 2.43. The molecule has 3 aliphatic rings. The van der Waals surface area contributed by atoms with Crippen LogP contribution in [0, 0.1) is 0 Å². The number of halogens is 1. The molecule has 0 N–H and O–H groups in total. The molecule has 1 aromatic carbocycles. The second-order valence-corrected chi connectivity index (χ2v) is 7.94. The van der Waals surface area contributed by atoms with Crippen LogP contribution in [0.3, 0.4) is 0 Å². The molecule has 0 bridgehead atoms. The molecule has 7 heteroatoms. The minimum atomic E-state index is -0.226. The van der Waals surface area contributed by atoms with Crippen molar-refractivity contribution >= 4 is 29.0 Å². The van der Waals surface area contributed by atoms with Crippen molar-refractivity contribution in [2.75, 3.05) is 45.9 Å². The standard InChI is InChI=1S/C21H26ClN3O3/c1-2-23-9-11-24(12-10-23)19-18(15-5-7-16(22)8-6-15)20(26)25(21(19)27)14-17-4-3-13-28-17/h5-8,17H,2-4,9-14H2,1H3. The lowest BCUT2D eigenvalue weighted by atomic mass is 10.0. The number of imide groups is 1. The van der Waals surface area contributed by atoms with Crippen molar-refractivity contribution < 1.29 is 14.3 Å². The molecule has 0 aliphatic carbocycles. The Hall–Kier alpha value is -1.89. The molecule has 2 amide bonds. The first-order chi connectivity index (χ1) is 13.6. The molecule has 4 rings (SSSR count). The Kier molecular flexibility index (Phi) is 5.71. The van der Waals surface area contributed by atoms with Gasteiger partial charge in [-0.25, -0.2) is 0 Å². The van der Waals surface area contributed by atoms with Gasteiger partial charge < -0.3 is 14.5 Å². The molecule has 3 aliphatic heterocycles. The van der Waals surface area contributed by atoms with Crippen LogP contribution in [-0.2, 0) is 14.3 Å². The number of likely N-dealkylation sites (N-methyl/N-ethyl adjacent to an activating group) is 1. The summed E-state index contributed by atoms with van der Waals surface area (Å²) in [6.45, 7) is 7.43. The van der Waals surface area contributed by atoms with Gasteiger partial charge in [0.25, 0.3) is 11.8 Å². The summed E-state index contributed by atoms with van der Waals surface area (Å²) in [6.07, 6.45) is 1.80. The first-order valence-corrected chi connectivity index (χ1v) is 10.4. The van der Waals surface area contributed by atoms with E-state index in [4.69, 9.17) is 16.3 Å². The molecule has 0 saturated carbocycles. The Morgan fingerprint density at radius 3 is 2.39 bits per heavy atom. The number of rotatable bonds is 5. The third-order valence-corrected chi connectivity index (χ3v) is 6.07. The van der Waals surface area contributed by atoms with Crippen molar-refractivity contribution in [2.24, 2.45) is 0 Å². The number of hydrogen-bond acceptors (Lipinski definition) is 5. The van der Waals surface area contributed by atoms with E-state index in [0.717, 1.165) is 51.1 Å². The lowest BCUT2D eigenvalue weighted by Crippen LogP contribution is -2.47. The number of nitrogens with zero attached hydrogens (tertiary/aromatic N) is 3. The normalized spacial score (nSPS) is 24.0. The van der Waals surface area contributed by atoms with Gasteiger partial charge in [0.15, 0.2) is 0 Å². The predicted octanol–water partition coefficient (Wildman–Crippen LogP) is 2.24. The molecule has 150 valence electrons. The van der Waals surface area contributed by atoms with Gasteiger partial charge in [-0.05, 0) is 37.1 Å². The van der Waals surface area contributed by atoms with Crippen LogP contribution < -0.4 is 0 Å². The number of amides is 2. The van der Waals surface area contributed by atoms with Gasteiger partial charge >= 0.3 is 0 Å². The van der Waals surface area contributed by atoms with E-state index in [-0.39, 0.29) is 17.9 Å². The van der Waals surface area contributed by atoms with Gasteiger partial charge in [0.1, 0.15) is 5.70 Å². The summed E-state index contributed by atoms with van der Waals surface area (Å²) in [5.41, 5.74) is 1.76. The average molecular weight is 404 g/mol. The fraction of sp³-hybridized carbons (Fsp3) is 0.524. The van der Waals surface area contributed by atoms with E-state index in [1.54, 1.807) is 12.1 Å². The van der Waals surface area contributed by atoms with Crippen molar-refractivity contribution in [3.63, 3.8) is 0 Å². The van der Waals surface area contributed by atoms with Crippen molar-refractivity contribution in [1.29, 1.82) is 0 Å². The topological polar surface area (TPSA) is 53.1 Å². The zero-order chi connectivity index (χ0) is 19.7. The Morgan fingerprint density at radius 1 is 1.07 bits per heavy atom. The number of benzene rings is 1. The molecule has 0 spiro atoms.